The maximum Gasteiger partial charge on any atom is 0.225 e. The van der Waals surface area contributed by atoms with Crippen molar-refractivity contribution < 1.29 is 9.59 Å². The minimum absolute atomic E-state index is 0.168. The van der Waals surface area contributed by atoms with E-state index in [2.05, 4.69) is 20.2 Å². The molecule has 1 aromatic heterocycles. The van der Waals surface area contributed by atoms with Gasteiger partial charge in [0, 0.05) is 37.9 Å². The Morgan fingerprint density at radius 1 is 1.32 bits per heavy atom. The first-order chi connectivity index (χ1) is 9.26. The molecule has 6 nitrogen and oxygen atoms in total. The van der Waals surface area contributed by atoms with Crippen molar-refractivity contribution in [2.75, 3.05) is 18.0 Å². The molecule has 19 heavy (non-hydrogen) atoms. The molecule has 2 atom stereocenters. The van der Waals surface area contributed by atoms with Crippen LogP contribution in [0.15, 0.2) is 12.4 Å². The van der Waals surface area contributed by atoms with Crippen molar-refractivity contribution >= 4 is 18.1 Å². The Hall–Kier alpha value is -1.98. The number of amides is 1. The number of anilines is 1. The zero-order valence-electron chi connectivity index (χ0n) is 10.6. The van der Waals surface area contributed by atoms with Gasteiger partial charge in [-0.2, -0.15) is 0 Å². The summed E-state index contributed by atoms with van der Waals surface area (Å²) in [6.45, 7) is 1.70. The maximum absolute atomic E-state index is 11.4. The number of aldehydes is 1. The molecule has 1 N–H and O–H groups in total. The van der Waals surface area contributed by atoms with Crippen molar-refractivity contribution in [1.82, 2.24) is 15.3 Å². The van der Waals surface area contributed by atoms with Crippen molar-refractivity contribution in [3.05, 3.63) is 18.0 Å². The van der Waals surface area contributed by atoms with Gasteiger partial charge in [-0.15, -0.1) is 0 Å². The molecule has 1 amide bonds. The Morgan fingerprint density at radius 3 is 2.84 bits per heavy atom. The van der Waals surface area contributed by atoms with Crippen LogP contribution < -0.4 is 10.2 Å². The van der Waals surface area contributed by atoms with Crippen molar-refractivity contribution in [3.63, 3.8) is 0 Å². The smallest absolute Gasteiger partial charge is 0.225 e. The SMILES string of the molecule is O=Cc1cnc(N2CCC3NC(=O)CCC3C2)nc1. The average molecular weight is 260 g/mol. The highest BCUT2D eigenvalue weighted by molar-refractivity contribution is 5.77. The normalized spacial score (nSPS) is 26.5. The van der Waals surface area contributed by atoms with E-state index < -0.39 is 0 Å². The largest absolute Gasteiger partial charge is 0.353 e. The first kappa shape index (κ1) is 12.1. The molecule has 100 valence electrons. The standard InChI is InChI=1S/C13H16N4O2/c18-8-9-5-14-13(15-6-9)17-4-3-11-10(7-17)1-2-12(19)16-11/h5-6,8,10-11H,1-4,7H2,(H,16,19). The number of nitrogens with zero attached hydrogens (tertiary/aromatic N) is 3. The fourth-order valence-electron chi connectivity index (χ4n) is 2.85. The van der Waals surface area contributed by atoms with Crippen LogP contribution in [-0.2, 0) is 4.79 Å². The van der Waals surface area contributed by atoms with Crippen LogP contribution in [0.5, 0.6) is 0 Å². The van der Waals surface area contributed by atoms with E-state index in [1.165, 1.54) is 0 Å². The molecule has 0 spiro atoms. The number of aromatic nitrogens is 2. The third kappa shape index (κ3) is 2.43. The van der Waals surface area contributed by atoms with Gasteiger partial charge in [0.15, 0.2) is 6.29 Å². The van der Waals surface area contributed by atoms with Gasteiger partial charge >= 0.3 is 0 Å². The Morgan fingerprint density at radius 2 is 2.11 bits per heavy atom. The van der Waals surface area contributed by atoms with E-state index in [1.807, 2.05) is 0 Å². The van der Waals surface area contributed by atoms with Gasteiger partial charge in [0.05, 0.1) is 5.56 Å². The fraction of sp³-hybridized carbons (Fsp3) is 0.538. The summed E-state index contributed by atoms with van der Waals surface area (Å²) >= 11 is 0. The number of rotatable bonds is 2. The second-order valence-electron chi connectivity index (χ2n) is 5.14. The molecule has 2 aliphatic rings. The molecule has 2 fully saturated rings. The summed E-state index contributed by atoms with van der Waals surface area (Å²) in [4.78, 5) is 32.5. The maximum atomic E-state index is 11.4. The summed E-state index contributed by atoms with van der Waals surface area (Å²) in [7, 11) is 0. The second kappa shape index (κ2) is 4.95. The quantitative estimate of drug-likeness (QED) is 0.779. The Labute approximate surface area is 111 Å². The van der Waals surface area contributed by atoms with E-state index in [4.69, 9.17) is 0 Å². The fourth-order valence-corrected chi connectivity index (χ4v) is 2.85. The van der Waals surface area contributed by atoms with E-state index >= 15 is 0 Å². The molecule has 0 aliphatic carbocycles. The molecule has 0 radical (unpaired) electrons. The van der Waals surface area contributed by atoms with Gasteiger partial charge < -0.3 is 10.2 Å². The van der Waals surface area contributed by atoms with E-state index in [1.54, 1.807) is 12.4 Å². The molecule has 2 aliphatic heterocycles. The molecular weight excluding hydrogens is 244 g/mol. The summed E-state index contributed by atoms with van der Waals surface area (Å²) in [5.41, 5.74) is 0.489. The molecule has 6 heteroatoms. The number of hydrogen-bond acceptors (Lipinski definition) is 5. The predicted octanol–water partition coefficient (Wildman–Crippen LogP) is 0.394. The van der Waals surface area contributed by atoms with E-state index in [9.17, 15) is 9.59 Å². The van der Waals surface area contributed by atoms with Gasteiger partial charge in [0.1, 0.15) is 0 Å². The van der Waals surface area contributed by atoms with Crippen LogP contribution in [0.1, 0.15) is 29.6 Å². The van der Waals surface area contributed by atoms with E-state index in [-0.39, 0.29) is 5.91 Å². The molecule has 0 aromatic carbocycles. The summed E-state index contributed by atoms with van der Waals surface area (Å²) in [6.07, 6.45) is 6.30. The van der Waals surface area contributed by atoms with Crippen LogP contribution in [0, 0.1) is 5.92 Å². The molecule has 0 saturated carbocycles. The zero-order chi connectivity index (χ0) is 13.2. The molecular formula is C13H16N4O2. The highest BCUT2D eigenvalue weighted by Crippen LogP contribution is 2.26. The lowest BCUT2D eigenvalue weighted by Crippen LogP contribution is -2.54. The molecule has 2 saturated heterocycles. The number of carbonyl (C=O) groups is 2. The molecule has 2 unspecified atom stereocenters. The second-order valence-corrected chi connectivity index (χ2v) is 5.14. The van der Waals surface area contributed by atoms with E-state index in [0.717, 1.165) is 32.2 Å². The molecule has 1 aromatic rings. The van der Waals surface area contributed by atoms with Gasteiger partial charge in [-0.25, -0.2) is 9.97 Å². The highest BCUT2D eigenvalue weighted by Gasteiger charge is 2.34. The average Bonchev–Trinajstić information content (AvgIpc) is 2.47. The minimum Gasteiger partial charge on any atom is -0.353 e. The number of carbonyl (C=O) groups excluding carboxylic acids is 2. The summed E-state index contributed by atoms with van der Waals surface area (Å²) in [6, 6.07) is 0.298. The minimum atomic E-state index is 0.168. The third-order valence-corrected chi connectivity index (χ3v) is 3.90. The van der Waals surface area contributed by atoms with E-state index in [0.29, 0.717) is 29.9 Å². The number of fused-ring (bicyclic) bond motifs is 1. The first-order valence-corrected chi connectivity index (χ1v) is 6.58. The van der Waals surface area contributed by atoms with Crippen LogP contribution in [0.25, 0.3) is 0 Å². The summed E-state index contributed by atoms with van der Waals surface area (Å²) in [5, 5.41) is 3.06. The van der Waals surface area contributed by atoms with Crippen molar-refractivity contribution in [1.29, 1.82) is 0 Å². The van der Waals surface area contributed by atoms with Crippen LogP contribution in [0.2, 0.25) is 0 Å². The van der Waals surface area contributed by atoms with Gasteiger partial charge in [-0.1, -0.05) is 0 Å². The number of nitrogens with one attached hydrogen (secondary N) is 1. The van der Waals surface area contributed by atoms with Crippen LogP contribution in [-0.4, -0.2) is 41.3 Å². The van der Waals surface area contributed by atoms with Gasteiger partial charge in [-0.3, -0.25) is 9.59 Å². The Balaban J connectivity index is 1.70. The first-order valence-electron chi connectivity index (χ1n) is 6.58. The Bertz CT molecular complexity index is 488. The Kier molecular flexibility index (Phi) is 3.15. The van der Waals surface area contributed by atoms with Crippen molar-refractivity contribution in [2.45, 2.75) is 25.3 Å². The molecule has 0 bridgehead atoms. The summed E-state index contributed by atoms with van der Waals surface area (Å²) in [5.74, 6) is 1.31. The van der Waals surface area contributed by atoms with Crippen LogP contribution >= 0.6 is 0 Å². The topological polar surface area (TPSA) is 75.2 Å². The van der Waals surface area contributed by atoms with Gasteiger partial charge in [0.2, 0.25) is 11.9 Å². The molecule has 3 rings (SSSR count). The number of hydrogen-bond donors (Lipinski definition) is 1. The monoisotopic (exact) mass is 260 g/mol. The van der Waals surface area contributed by atoms with Crippen molar-refractivity contribution in [3.8, 4) is 0 Å². The van der Waals surface area contributed by atoms with Crippen LogP contribution in [0.4, 0.5) is 5.95 Å². The van der Waals surface area contributed by atoms with Crippen molar-refractivity contribution in [2.24, 2.45) is 5.92 Å². The predicted molar refractivity (Wildman–Crippen MR) is 68.9 cm³/mol. The van der Waals surface area contributed by atoms with Gasteiger partial charge in [0.25, 0.3) is 0 Å². The summed E-state index contributed by atoms with van der Waals surface area (Å²) < 4.78 is 0. The lowest BCUT2D eigenvalue weighted by atomic mass is 9.85. The number of piperidine rings is 2. The lowest BCUT2D eigenvalue weighted by Gasteiger charge is -2.41. The zero-order valence-corrected chi connectivity index (χ0v) is 10.6. The third-order valence-electron chi connectivity index (χ3n) is 3.90. The lowest BCUT2D eigenvalue weighted by molar-refractivity contribution is -0.124. The van der Waals surface area contributed by atoms with Crippen LogP contribution in [0.3, 0.4) is 0 Å². The van der Waals surface area contributed by atoms with Gasteiger partial charge in [-0.05, 0) is 18.8 Å². The molecule has 3 heterocycles. The highest BCUT2D eigenvalue weighted by atomic mass is 16.1.